The summed E-state index contributed by atoms with van der Waals surface area (Å²) in [4.78, 5) is 30.0. The average Bonchev–Trinajstić information content (AvgIpc) is 3.04. The van der Waals surface area contributed by atoms with Gasteiger partial charge in [0.25, 0.3) is 0 Å². The van der Waals surface area contributed by atoms with E-state index in [0.29, 0.717) is 6.42 Å². The number of benzene rings is 1. The molecule has 1 N–H and O–H groups in total. The van der Waals surface area contributed by atoms with Gasteiger partial charge in [0.1, 0.15) is 5.01 Å². The molecule has 1 aliphatic rings. The Balaban J connectivity index is 1.62. The number of carbonyl (C=O) groups is 2. The number of nitrogens with zero attached hydrogens (tertiary/aromatic N) is 2. The van der Waals surface area contributed by atoms with Crippen molar-refractivity contribution in [3.8, 4) is 10.6 Å². The van der Waals surface area contributed by atoms with Crippen molar-refractivity contribution in [2.24, 2.45) is 5.92 Å². The number of piperidine rings is 1. The van der Waals surface area contributed by atoms with Crippen LogP contribution in [0.4, 0.5) is 5.69 Å². The van der Waals surface area contributed by atoms with E-state index >= 15 is 0 Å². The number of hydrogen-bond acceptors (Lipinski definition) is 4. The van der Waals surface area contributed by atoms with E-state index in [0.717, 1.165) is 53.8 Å². The molecule has 3 rings (SSSR count). The zero-order chi connectivity index (χ0) is 17.8. The van der Waals surface area contributed by atoms with Crippen molar-refractivity contribution >= 4 is 28.8 Å². The summed E-state index contributed by atoms with van der Waals surface area (Å²) in [5.41, 5.74) is 2.58. The highest BCUT2D eigenvalue weighted by atomic mass is 32.1. The number of carbonyl (C=O) groups excluding carboxylic acids is 2. The summed E-state index contributed by atoms with van der Waals surface area (Å²) in [5, 5.41) is 5.60. The van der Waals surface area contributed by atoms with Crippen LogP contribution >= 0.6 is 11.3 Å². The van der Waals surface area contributed by atoms with Gasteiger partial charge in [0, 0.05) is 36.6 Å². The fraction of sp³-hybridized carbons (Fsp3) is 0.421. The van der Waals surface area contributed by atoms with Crippen LogP contribution in [0.5, 0.6) is 0 Å². The third-order valence-electron chi connectivity index (χ3n) is 4.47. The summed E-state index contributed by atoms with van der Waals surface area (Å²) in [6.07, 6.45) is 2.55. The molecule has 0 aliphatic carbocycles. The van der Waals surface area contributed by atoms with Gasteiger partial charge in [-0.25, -0.2) is 4.98 Å². The maximum Gasteiger partial charge on any atom is 0.228 e. The van der Waals surface area contributed by atoms with Gasteiger partial charge in [-0.05, 0) is 43.0 Å². The van der Waals surface area contributed by atoms with E-state index in [2.05, 4.69) is 17.2 Å². The van der Waals surface area contributed by atoms with Crippen LogP contribution in [0, 0.1) is 5.92 Å². The lowest BCUT2D eigenvalue weighted by Gasteiger charge is -2.30. The van der Waals surface area contributed by atoms with Gasteiger partial charge in [0.15, 0.2) is 0 Å². The monoisotopic (exact) mass is 357 g/mol. The molecule has 2 aromatic rings. The lowest BCUT2D eigenvalue weighted by molar-refractivity contribution is -0.131. The van der Waals surface area contributed by atoms with E-state index < -0.39 is 0 Å². The Morgan fingerprint density at radius 2 is 1.92 bits per heavy atom. The summed E-state index contributed by atoms with van der Waals surface area (Å²) in [6.45, 7) is 5.45. The fourth-order valence-electron chi connectivity index (χ4n) is 2.94. The van der Waals surface area contributed by atoms with Gasteiger partial charge in [0.2, 0.25) is 11.8 Å². The Morgan fingerprint density at radius 1 is 1.24 bits per heavy atom. The van der Waals surface area contributed by atoms with Gasteiger partial charge in [-0.2, -0.15) is 0 Å². The molecule has 1 aliphatic heterocycles. The van der Waals surface area contributed by atoms with E-state index in [1.165, 1.54) is 6.92 Å². The van der Waals surface area contributed by atoms with Gasteiger partial charge in [-0.15, -0.1) is 11.3 Å². The molecule has 25 heavy (non-hydrogen) atoms. The van der Waals surface area contributed by atoms with Gasteiger partial charge in [0.05, 0.1) is 12.1 Å². The number of anilines is 1. The first kappa shape index (κ1) is 17.6. The highest BCUT2D eigenvalue weighted by molar-refractivity contribution is 7.13. The van der Waals surface area contributed by atoms with Crippen molar-refractivity contribution in [3.05, 3.63) is 35.3 Å². The normalized spacial score (nSPS) is 15.2. The molecule has 2 heterocycles. The summed E-state index contributed by atoms with van der Waals surface area (Å²) in [6, 6.07) is 7.58. The number of likely N-dealkylation sites (tertiary alicyclic amines) is 1. The lowest BCUT2D eigenvalue weighted by atomic mass is 9.99. The average molecular weight is 357 g/mol. The molecule has 5 nitrogen and oxygen atoms in total. The molecule has 0 spiro atoms. The Morgan fingerprint density at radius 3 is 2.56 bits per heavy atom. The van der Waals surface area contributed by atoms with E-state index in [4.69, 9.17) is 0 Å². The Labute approximate surface area is 152 Å². The molecule has 1 aromatic carbocycles. The van der Waals surface area contributed by atoms with E-state index in [1.807, 2.05) is 34.5 Å². The van der Waals surface area contributed by atoms with Crippen LogP contribution in [0.3, 0.4) is 0 Å². The molecule has 1 saturated heterocycles. The number of rotatable bonds is 4. The zero-order valence-corrected chi connectivity index (χ0v) is 15.4. The van der Waals surface area contributed by atoms with Crippen LogP contribution in [-0.2, 0) is 16.0 Å². The first-order valence-corrected chi connectivity index (χ1v) is 9.49. The predicted molar refractivity (Wildman–Crippen MR) is 101 cm³/mol. The second kappa shape index (κ2) is 7.78. The largest absolute Gasteiger partial charge is 0.342 e. The SMILES string of the molecule is CC(=O)Nc1ccc(-c2nc(CC(=O)N3CCC(C)CC3)cs2)cc1. The molecule has 0 atom stereocenters. The number of nitrogens with one attached hydrogen (secondary N) is 1. The second-order valence-corrected chi connectivity index (χ2v) is 7.50. The third kappa shape index (κ3) is 4.66. The quantitative estimate of drug-likeness (QED) is 0.910. The zero-order valence-electron chi connectivity index (χ0n) is 14.6. The second-order valence-electron chi connectivity index (χ2n) is 6.64. The minimum Gasteiger partial charge on any atom is -0.342 e. The Bertz CT molecular complexity index is 746. The molecule has 2 amide bonds. The van der Waals surface area contributed by atoms with Crippen LogP contribution in [-0.4, -0.2) is 34.8 Å². The van der Waals surface area contributed by atoms with Gasteiger partial charge >= 0.3 is 0 Å². The molecule has 6 heteroatoms. The highest BCUT2D eigenvalue weighted by Gasteiger charge is 2.21. The van der Waals surface area contributed by atoms with E-state index in [1.54, 1.807) is 11.3 Å². The minimum atomic E-state index is -0.0881. The van der Waals surface area contributed by atoms with Gasteiger partial charge < -0.3 is 10.2 Å². The van der Waals surface area contributed by atoms with Crippen LogP contribution in [0.15, 0.2) is 29.6 Å². The molecule has 0 saturated carbocycles. The number of hydrogen-bond donors (Lipinski definition) is 1. The van der Waals surface area contributed by atoms with Crippen molar-refractivity contribution in [3.63, 3.8) is 0 Å². The molecule has 0 bridgehead atoms. The Kier molecular flexibility index (Phi) is 5.48. The van der Waals surface area contributed by atoms with Gasteiger partial charge in [-0.1, -0.05) is 6.92 Å². The fourth-order valence-corrected chi connectivity index (χ4v) is 3.77. The first-order valence-electron chi connectivity index (χ1n) is 8.61. The number of aromatic nitrogens is 1. The van der Waals surface area contributed by atoms with Crippen molar-refractivity contribution in [1.29, 1.82) is 0 Å². The molecule has 1 aromatic heterocycles. The molecular weight excluding hydrogens is 334 g/mol. The molecule has 132 valence electrons. The molecule has 0 radical (unpaired) electrons. The third-order valence-corrected chi connectivity index (χ3v) is 5.41. The number of thiazole rings is 1. The smallest absolute Gasteiger partial charge is 0.228 e. The summed E-state index contributed by atoms with van der Waals surface area (Å²) in [5.74, 6) is 0.801. The van der Waals surface area contributed by atoms with Gasteiger partial charge in [-0.3, -0.25) is 9.59 Å². The van der Waals surface area contributed by atoms with E-state index in [9.17, 15) is 9.59 Å². The molecular formula is C19H23N3O2S. The van der Waals surface area contributed by atoms with Crippen molar-refractivity contribution in [2.75, 3.05) is 18.4 Å². The van der Waals surface area contributed by atoms with Crippen LogP contribution in [0.25, 0.3) is 10.6 Å². The predicted octanol–water partition coefficient (Wildman–Crippen LogP) is 3.57. The van der Waals surface area contributed by atoms with Crippen LogP contribution < -0.4 is 5.32 Å². The maximum absolute atomic E-state index is 12.4. The van der Waals surface area contributed by atoms with Crippen molar-refractivity contribution in [1.82, 2.24) is 9.88 Å². The van der Waals surface area contributed by atoms with Crippen molar-refractivity contribution in [2.45, 2.75) is 33.1 Å². The van der Waals surface area contributed by atoms with Crippen LogP contribution in [0.1, 0.15) is 32.4 Å². The van der Waals surface area contributed by atoms with E-state index in [-0.39, 0.29) is 11.8 Å². The Hall–Kier alpha value is -2.21. The number of amides is 2. The topological polar surface area (TPSA) is 62.3 Å². The first-order chi connectivity index (χ1) is 12.0. The lowest BCUT2D eigenvalue weighted by Crippen LogP contribution is -2.38. The van der Waals surface area contributed by atoms with Crippen molar-refractivity contribution < 1.29 is 9.59 Å². The maximum atomic E-state index is 12.4. The molecule has 0 unspecified atom stereocenters. The minimum absolute atomic E-state index is 0.0881. The highest BCUT2D eigenvalue weighted by Crippen LogP contribution is 2.26. The molecule has 1 fully saturated rings. The summed E-state index contributed by atoms with van der Waals surface area (Å²) in [7, 11) is 0. The summed E-state index contributed by atoms with van der Waals surface area (Å²) >= 11 is 1.54. The van der Waals surface area contributed by atoms with Crippen LogP contribution in [0.2, 0.25) is 0 Å². The summed E-state index contributed by atoms with van der Waals surface area (Å²) < 4.78 is 0. The standard InChI is InChI=1S/C19H23N3O2S/c1-13-7-9-22(10-8-13)18(24)11-17-12-25-19(21-17)15-3-5-16(6-4-15)20-14(2)23/h3-6,12-13H,7-11H2,1-2H3,(H,20,23).